The van der Waals surface area contributed by atoms with E-state index in [9.17, 15) is 0 Å². The summed E-state index contributed by atoms with van der Waals surface area (Å²) < 4.78 is 0. The third-order valence-corrected chi connectivity index (χ3v) is 1.88. The third-order valence-electron chi connectivity index (χ3n) is 0.940. The number of hydrogen-bond donors (Lipinski definition) is 3. The van der Waals surface area contributed by atoms with Gasteiger partial charge in [-0.15, -0.1) is 17.8 Å². The van der Waals surface area contributed by atoms with Crippen molar-refractivity contribution < 1.29 is 0 Å². The van der Waals surface area contributed by atoms with Crippen LogP contribution in [0.1, 0.15) is 4.88 Å². The second kappa shape index (κ2) is 13.1. The van der Waals surface area contributed by atoms with E-state index in [1.165, 1.54) is 16.7 Å². The highest BCUT2D eigenvalue weighted by molar-refractivity contribution is 7.79. The topological polar surface area (TPSA) is 120 Å². The van der Waals surface area contributed by atoms with Crippen molar-refractivity contribution in [2.75, 3.05) is 5.73 Å². The van der Waals surface area contributed by atoms with Crippen LogP contribution in [0.4, 0.5) is 5.00 Å². The maximum Gasteiger partial charge on any atom is 0.110 e. The molecule has 0 unspecified atom stereocenters. The third kappa shape index (κ3) is 10.2. The molecule has 0 radical (unpaired) electrons. The van der Waals surface area contributed by atoms with Gasteiger partial charge < -0.3 is 18.0 Å². The van der Waals surface area contributed by atoms with E-state index >= 15 is 0 Å². The van der Waals surface area contributed by atoms with Gasteiger partial charge in [-0.3, -0.25) is 0 Å². The molecule has 16 heavy (non-hydrogen) atoms. The van der Waals surface area contributed by atoms with Crippen molar-refractivity contribution in [1.82, 2.24) is 12.3 Å². The standard InChI is InChI=1S/C5H4N2S.C5H2S.2H3N/c6-3-4-1-2-5(7)8-4;1-2-3-4-5-6;;/h1-2H,7H2;1,5H;2*1H3. The van der Waals surface area contributed by atoms with Crippen LogP contribution in [-0.2, 0) is 0 Å². The molecule has 0 amide bonds. The molecule has 1 aromatic heterocycles. The minimum absolute atomic E-state index is 0. The van der Waals surface area contributed by atoms with E-state index < -0.39 is 0 Å². The number of thiophene rings is 1. The van der Waals surface area contributed by atoms with Gasteiger partial charge in [0.15, 0.2) is 0 Å². The van der Waals surface area contributed by atoms with Gasteiger partial charge in [0.25, 0.3) is 0 Å². The Morgan fingerprint density at radius 1 is 1.44 bits per heavy atom. The molecule has 1 aromatic rings. The molecule has 4 nitrogen and oxygen atoms in total. The van der Waals surface area contributed by atoms with Gasteiger partial charge >= 0.3 is 0 Å². The molecule has 0 fully saturated rings. The summed E-state index contributed by atoms with van der Waals surface area (Å²) in [6, 6.07) is 5.42. The zero-order valence-electron chi connectivity index (χ0n) is 8.56. The van der Waals surface area contributed by atoms with E-state index in [-0.39, 0.29) is 12.3 Å². The average Bonchev–Trinajstić information content (AvgIpc) is 2.62. The molecule has 0 aliphatic carbocycles. The van der Waals surface area contributed by atoms with Crippen LogP contribution in [-0.4, -0.2) is 5.37 Å². The zero-order valence-corrected chi connectivity index (χ0v) is 10.2. The molecule has 0 bridgehead atoms. The first-order valence-electron chi connectivity index (χ1n) is 3.39. The summed E-state index contributed by atoms with van der Waals surface area (Å²) in [5.41, 5.74) is 5.32. The van der Waals surface area contributed by atoms with Crippen LogP contribution >= 0.6 is 23.6 Å². The van der Waals surface area contributed by atoms with Crippen LogP contribution in [0, 0.1) is 35.5 Å². The van der Waals surface area contributed by atoms with Gasteiger partial charge in [-0.25, -0.2) is 0 Å². The molecule has 84 valence electrons. The van der Waals surface area contributed by atoms with E-state index in [1.54, 1.807) is 12.1 Å². The minimum Gasteiger partial charge on any atom is -0.391 e. The normalized spacial score (nSPS) is 5.62. The van der Waals surface area contributed by atoms with Gasteiger partial charge in [-0.05, 0) is 29.9 Å². The van der Waals surface area contributed by atoms with Gasteiger partial charge in [-0.1, -0.05) is 12.2 Å². The summed E-state index contributed by atoms with van der Waals surface area (Å²) in [4.78, 5) is 0.669. The highest BCUT2D eigenvalue weighted by atomic mass is 32.1. The summed E-state index contributed by atoms with van der Waals surface area (Å²) in [6.07, 6.45) is 4.72. The van der Waals surface area contributed by atoms with E-state index in [4.69, 9.17) is 17.4 Å². The summed E-state index contributed by atoms with van der Waals surface area (Å²) in [5.74, 6) is 6.83. The first-order valence-corrected chi connectivity index (χ1v) is 4.68. The number of terminal acetylenes is 1. The van der Waals surface area contributed by atoms with Gasteiger partial charge in [-0.2, -0.15) is 5.26 Å². The molecule has 0 aliphatic rings. The lowest BCUT2D eigenvalue weighted by molar-refractivity contribution is 1.52. The number of nitriles is 1. The molecule has 0 atom stereocenters. The Balaban J connectivity index is -0.000000195. The van der Waals surface area contributed by atoms with E-state index in [0.717, 1.165) is 0 Å². The molecular formula is C10H12N4S2. The van der Waals surface area contributed by atoms with Gasteiger partial charge in [0.2, 0.25) is 0 Å². The van der Waals surface area contributed by atoms with E-state index in [0.29, 0.717) is 9.88 Å². The molecule has 1 rings (SSSR count). The van der Waals surface area contributed by atoms with Crippen molar-refractivity contribution in [2.24, 2.45) is 0 Å². The van der Waals surface area contributed by atoms with Crippen molar-refractivity contribution in [1.29, 1.82) is 5.26 Å². The molecule has 6 heteroatoms. The number of rotatable bonds is 0. The second-order valence-corrected chi connectivity index (χ2v) is 3.20. The number of nitrogens with two attached hydrogens (primary N) is 1. The summed E-state index contributed by atoms with van der Waals surface area (Å²) in [7, 11) is 0. The highest BCUT2D eigenvalue weighted by Crippen LogP contribution is 2.15. The Morgan fingerprint density at radius 3 is 2.25 bits per heavy atom. The van der Waals surface area contributed by atoms with Crippen LogP contribution in [0.2, 0.25) is 0 Å². The highest BCUT2D eigenvalue weighted by Gasteiger charge is 1.90. The van der Waals surface area contributed by atoms with Gasteiger partial charge in [0, 0.05) is 0 Å². The SMILES string of the molecule is C#CC#CC=S.N.N.N#Cc1ccc(N)s1. The fraction of sp³-hybridized carbons (Fsp3) is 0. The van der Waals surface area contributed by atoms with Crippen molar-refractivity contribution in [3.8, 4) is 30.3 Å². The average molecular weight is 252 g/mol. The van der Waals surface area contributed by atoms with E-state index in [1.807, 2.05) is 6.07 Å². The molecule has 0 aromatic carbocycles. The lowest BCUT2D eigenvalue weighted by Gasteiger charge is -1.71. The first-order chi connectivity index (χ1) is 6.74. The number of hydrogen-bond acceptors (Lipinski definition) is 6. The van der Waals surface area contributed by atoms with Crippen molar-refractivity contribution in [2.45, 2.75) is 0 Å². The minimum atomic E-state index is 0. The summed E-state index contributed by atoms with van der Waals surface area (Å²) in [6.45, 7) is 0. The van der Waals surface area contributed by atoms with Crippen LogP contribution in [0.15, 0.2) is 12.1 Å². The number of anilines is 1. The summed E-state index contributed by atoms with van der Waals surface area (Å²) in [5, 5.41) is 10.2. The van der Waals surface area contributed by atoms with Crippen LogP contribution in [0.3, 0.4) is 0 Å². The number of nitrogens with zero attached hydrogens (tertiary/aromatic N) is 1. The predicted octanol–water partition coefficient (Wildman–Crippen LogP) is 2.15. The molecule has 1 heterocycles. The van der Waals surface area contributed by atoms with E-state index in [2.05, 4.69) is 30.0 Å². The van der Waals surface area contributed by atoms with Crippen molar-refractivity contribution in [3.05, 3.63) is 17.0 Å². The van der Waals surface area contributed by atoms with Gasteiger partial charge in [0.1, 0.15) is 10.9 Å². The molecule has 0 saturated carbocycles. The fourth-order valence-corrected chi connectivity index (χ4v) is 1.11. The van der Waals surface area contributed by atoms with Crippen LogP contribution < -0.4 is 18.0 Å². The Kier molecular flexibility index (Phi) is 16.1. The lowest BCUT2D eigenvalue weighted by Crippen LogP contribution is -1.72. The molecule has 0 saturated heterocycles. The fourth-order valence-electron chi connectivity index (χ4n) is 0.484. The quantitative estimate of drug-likeness (QED) is 0.482. The van der Waals surface area contributed by atoms with Crippen molar-refractivity contribution >= 4 is 33.9 Å². The molecule has 8 N–H and O–H groups in total. The molecule has 0 spiro atoms. The largest absolute Gasteiger partial charge is 0.391 e. The predicted molar refractivity (Wildman–Crippen MR) is 73.8 cm³/mol. The first kappa shape index (κ1) is 19.7. The van der Waals surface area contributed by atoms with Gasteiger partial charge in [0.05, 0.1) is 10.4 Å². The van der Waals surface area contributed by atoms with Crippen LogP contribution in [0.5, 0.6) is 0 Å². The monoisotopic (exact) mass is 252 g/mol. The molecular weight excluding hydrogens is 240 g/mol. The lowest BCUT2D eigenvalue weighted by atomic mass is 10.5. The zero-order chi connectivity index (χ0) is 10.8. The Morgan fingerprint density at radius 2 is 2.06 bits per heavy atom. The number of thiocarbonyl (C=S) groups is 1. The summed E-state index contributed by atoms with van der Waals surface area (Å²) >= 11 is 5.63. The number of nitrogen functional groups attached to an aromatic ring is 1. The molecule has 0 aliphatic heterocycles. The Bertz CT molecular complexity index is 440. The second-order valence-electron chi connectivity index (χ2n) is 1.85. The smallest absolute Gasteiger partial charge is 0.110 e. The maximum absolute atomic E-state index is 8.26. The van der Waals surface area contributed by atoms with Crippen molar-refractivity contribution in [3.63, 3.8) is 0 Å². The Labute approximate surface area is 105 Å². The Hall–Kier alpha value is -1.88. The maximum atomic E-state index is 8.26. The van der Waals surface area contributed by atoms with Crippen LogP contribution in [0.25, 0.3) is 0 Å².